The Morgan fingerprint density at radius 2 is 2.17 bits per heavy atom. The van der Waals surface area contributed by atoms with Gasteiger partial charge in [0, 0.05) is 25.5 Å². The lowest BCUT2D eigenvalue weighted by Crippen LogP contribution is -2.43. The zero-order valence-corrected chi connectivity index (χ0v) is 12.1. The largest absolute Gasteiger partial charge is 0.469 e. The number of halogens is 1. The van der Waals surface area contributed by atoms with Crippen molar-refractivity contribution >= 4 is 27.8 Å². The third-order valence-electron chi connectivity index (χ3n) is 3.30. The summed E-state index contributed by atoms with van der Waals surface area (Å²) < 4.78 is 5.69. The van der Waals surface area contributed by atoms with E-state index in [1.165, 1.54) is 7.11 Å². The molecule has 0 aliphatic carbocycles. The molecule has 0 bridgehead atoms. The number of carbonyl (C=O) groups excluding carboxylic acids is 1. The highest BCUT2D eigenvalue weighted by molar-refractivity contribution is 9.10. The molecule has 2 rings (SSSR count). The van der Waals surface area contributed by atoms with Crippen molar-refractivity contribution in [2.75, 3.05) is 25.1 Å². The van der Waals surface area contributed by atoms with Gasteiger partial charge in [-0.2, -0.15) is 0 Å². The number of piperidine rings is 1. The van der Waals surface area contributed by atoms with Gasteiger partial charge >= 0.3 is 5.97 Å². The summed E-state index contributed by atoms with van der Waals surface area (Å²) in [6.07, 6.45) is 4.26. The van der Waals surface area contributed by atoms with E-state index in [0.717, 1.165) is 24.0 Å². The smallest absolute Gasteiger partial charge is 0.309 e. The van der Waals surface area contributed by atoms with Crippen LogP contribution in [-0.4, -0.2) is 36.1 Å². The van der Waals surface area contributed by atoms with Gasteiger partial charge in [-0.1, -0.05) is 6.92 Å². The number of hydrogen-bond acceptors (Lipinski definition) is 5. The van der Waals surface area contributed by atoms with Crippen LogP contribution in [0.25, 0.3) is 0 Å². The second-order valence-electron chi connectivity index (χ2n) is 4.54. The first-order valence-electron chi connectivity index (χ1n) is 5.92. The minimum absolute atomic E-state index is 0.0123. The molecule has 2 atom stereocenters. The van der Waals surface area contributed by atoms with E-state index in [0.29, 0.717) is 5.95 Å². The zero-order valence-electron chi connectivity index (χ0n) is 10.5. The molecule has 0 aromatic carbocycles. The SMILES string of the molecule is COC(=O)[C@@H]1CCN(c2ncc(Br)cn2)C[C@@H]1C. The van der Waals surface area contributed by atoms with Crippen LogP contribution in [0.5, 0.6) is 0 Å². The lowest BCUT2D eigenvalue weighted by atomic mass is 9.87. The van der Waals surface area contributed by atoms with Gasteiger partial charge in [0.25, 0.3) is 0 Å². The van der Waals surface area contributed by atoms with E-state index in [9.17, 15) is 4.79 Å². The van der Waals surface area contributed by atoms with Crippen LogP contribution in [0.2, 0.25) is 0 Å². The average Bonchev–Trinajstić information content (AvgIpc) is 2.38. The first-order valence-corrected chi connectivity index (χ1v) is 6.71. The summed E-state index contributed by atoms with van der Waals surface area (Å²) in [5.74, 6) is 0.840. The van der Waals surface area contributed by atoms with Gasteiger partial charge in [-0.15, -0.1) is 0 Å². The van der Waals surface area contributed by atoms with E-state index >= 15 is 0 Å². The molecular weight excluding hydrogens is 298 g/mol. The predicted octanol–water partition coefficient (Wildman–Crippen LogP) is 1.87. The molecule has 0 amide bonds. The fourth-order valence-corrected chi connectivity index (χ4v) is 2.50. The van der Waals surface area contributed by atoms with Gasteiger partial charge in [-0.3, -0.25) is 4.79 Å². The van der Waals surface area contributed by atoms with Crippen molar-refractivity contribution in [2.45, 2.75) is 13.3 Å². The number of carbonyl (C=O) groups is 1. The molecule has 0 saturated carbocycles. The molecule has 1 aromatic heterocycles. The Hall–Kier alpha value is -1.17. The van der Waals surface area contributed by atoms with Crippen LogP contribution in [0.1, 0.15) is 13.3 Å². The van der Waals surface area contributed by atoms with Gasteiger partial charge in [0.15, 0.2) is 0 Å². The summed E-state index contributed by atoms with van der Waals surface area (Å²) in [7, 11) is 1.44. The van der Waals surface area contributed by atoms with Crippen molar-refractivity contribution in [3.8, 4) is 0 Å². The number of aromatic nitrogens is 2. The Morgan fingerprint density at radius 3 is 2.72 bits per heavy atom. The maximum atomic E-state index is 11.6. The van der Waals surface area contributed by atoms with E-state index < -0.39 is 0 Å². The summed E-state index contributed by atoms with van der Waals surface area (Å²) in [6.45, 7) is 3.62. The number of rotatable bonds is 2. The van der Waals surface area contributed by atoms with E-state index in [1.54, 1.807) is 12.4 Å². The molecule has 98 valence electrons. The molecule has 0 unspecified atom stereocenters. The van der Waals surface area contributed by atoms with Crippen molar-refractivity contribution in [3.05, 3.63) is 16.9 Å². The molecule has 6 heteroatoms. The third-order valence-corrected chi connectivity index (χ3v) is 3.71. The van der Waals surface area contributed by atoms with E-state index in [1.807, 2.05) is 0 Å². The monoisotopic (exact) mass is 313 g/mol. The standard InChI is InChI=1S/C12H16BrN3O2/c1-8-7-16(4-3-10(8)11(17)18-2)12-14-5-9(13)6-15-12/h5-6,8,10H,3-4,7H2,1-2H3/t8-,10+/m0/s1. The molecule has 0 N–H and O–H groups in total. The lowest BCUT2D eigenvalue weighted by molar-refractivity contribution is -0.147. The number of hydrogen-bond donors (Lipinski definition) is 0. The number of ether oxygens (including phenoxy) is 1. The minimum atomic E-state index is -0.112. The van der Waals surface area contributed by atoms with Gasteiger partial charge in [-0.05, 0) is 28.3 Å². The number of esters is 1. The fraction of sp³-hybridized carbons (Fsp3) is 0.583. The van der Waals surface area contributed by atoms with E-state index in [4.69, 9.17) is 4.74 Å². The highest BCUT2D eigenvalue weighted by Crippen LogP contribution is 2.26. The molecule has 1 fully saturated rings. The highest BCUT2D eigenvalue weighted by Gasteiger charge is 2.32. The maximum Gasteiger partial charge on any atom is 0.309 e. The van der Waals surface area contributed by atoms with E-state index in [2.05, 4.69) is 37.7 Å². The molecule has 0 spiro atoms. The van der Waals surface area contributed by atoms with Crippen LogP contribution in [0.15, 0.2) is 16.9 Å². The summed E-state index contributed by atoms with van der Waals surface area (Å²) in [6, 6.07) is 0. The molecule has 5 nitrogen and oxygen atoms in total. The Balaban J connectivity index is 2.04. The van der Waals surface area contributed by atoms with Crippen molar-refractivity contribution in [2.24, 2.45) is 11.8 Å². The van der Waals surface area contributed by atoms with Crippen molar-refractivity contribution in [1.29, 1.82) is 0 Å². The summed E-state index contributed by atoms with van der Waals surface area (Å²) >= 11 is 3.31. The van der Waals surface area contributed by atoms with Crippen molar-refractivity contribution < 1.29 is 9.53 Å². The summed E-state index contributed by atoms with van der Waals surface area (Å²) in [5.41, 5.74) is 0. The number of methoxy groups -OCH3 is 1. The van der Waals surface area contributed by atoms with Gasteiger partial charge < -0.3 is 9.64 Å². The predicted molar refractivity (Wildman–Crippen MR) is 71.2 cm³/mol. The highest BCUT2D eigenvalue weighted by atomic mass is 79.9. The normalized spacial score (nSPS) is 23.8. The Bertz CT molecular complexity index is 424. The summed E-state index contributed by atoms with van der Waals surface area (Å²) in [4.78, 5) is 22.3. The van der Waals surface area contributed by atoms with Crippen LogP contribution < -0.4 is 4.90 Å². The van der Waals surface area contributed by atoms with Crippen LogP contribution in [0.4, 0.5) is 5.95 Å². The molecule has 1 aliphatic heterocycles. The van der Waals surface area contributed by atoms with E-state index in [-0.39, 0.29) is 17.8 Å². The lowest BCUT2D eigenvalue weighted by Gasteiger charge is -2.35. The zero-order chi connectivity index (χ0) is 13.1. The molecule has 1 aliphatic rings. The first-order chi connectivity index (χ1) is 8.61. The molecule has 1 aromatic rings. The van der Waals surface area contributed by atoms with Crippen LogP contribution >= 0.6 is 15.9 Å². The van der Waals surface area contributed by atoms with Gasteiger partial charge in [-0.25, -0.2) is 9.97 Å². The third kappa shape index (κ3) is 2.80. The Morgan fingerprint density at radius 1 is 1.50 bits per heavy atom. The van der Waals surface area contributed by atoms with Crippen LogP contribution in [-0.2, 0) is 9.53 Å². The minimum Gasteiger partial charge on any atom is -0.469 e. The van der Waals surface area contributed by atoms with Crippen molar-refractivity contribution in [3.63, 3.8) is 0 Å². The molecule has 0 radical (unpaired) electrons. The first kappa shape index (κ1) is 13.3. The van der Waals surface area contributed by atoms with Gasteiger partial charge in [0.2, 0.25) is 5.95 Å². The molecular formula is C12H16BrN3O2. The second-order valence-corrected chi connectivity index (χ2v) is 5.46. The maximum absolute atomic E-state index is 11.6. The Labute approximate surface area is 115 Å². The molecule has 2 heterocycles. The van der Waals surface area contributed by atoms with Gasteiger partial charge in [0.1, 0.15) is 0 Å². The van der Waals surface area contributed by atoms with Crippen LogP contribution in [0, 0.1) is 11.8 Å². The Kier molecular flexibility index (Phi) is 4.16. The number of anilines is 1. The second kappa shape index (κ2) is 5.65. The molecule has 18 heavy (non-hydrogen) atoms. The molecule has 1 saturated heterocycles. The van der Waals surface area contributed by atoms with Gasteiger partial charge in [0.05, 0.1) is 17.5 Å². The van der Waals surface area contributed by atoms with Crippen molar-refractivity contribution in [1.82, 2.24) is 9.97 Å². The average molecular weight is 314 g/mol. The summed E-state index contributed by atoms with van der Waals surface area (Å²) in [5, 5.41) is 0. The quantitative estimate of drug-likeness (QED) is 0.780. The fourth-order valence-electron chi connectivity index (χ4n) is 2.30. The number of nitrogens with zero attached hydrogens (tertiary/aromatic N) is 3. The topological polar surface area (TPSA) is 55.3 Å². The van der Waals surface area contributed by atoms with Crippen LogP contribution in [0.3, 0.4) is 0 Å².